The van der Waals surface area contributed by atoms with E-state index in [1.807, 2.05) is 6.07 Å². The van der Waals surface area contributed by atoms with Crippen molar-refractivity contribution < 1.29 is 18.3 Å². The Balaban J connectivity index is 2.03. The van der Waals surface area contributed by atoms with Crippen LogP contribution < -0.4 is 10.6 Å². The SMILES string of the molecule is N#Cc1cccc(-n2c(=O)nc(N3CC[C@H](O)C3)c3ccc(C(F)(F)F)nc32)c1. The molecule has 3 heterocycles. The molecule has 2 aromatic heterocycles. The molecule has 4 rings (SSSR count). The third-order valence-electron chi connectivity index (χ3n) is 4.71. The van der Waals surface area contributed by atoms with Gasteiger partial charge in [0.15, 0.2) is 5.65 Å². The highest BCUT2D eigenvalue weighted by atomic mass is 19.4. The average molecular weight is 401 g/mol. The number of nitrogens with zero attached hydrogens (tertiary/aromatic N) is 5. The fraction of sp³-hybridized carbons (Fsp3) is 0.263. The van der Waals surface area contributed by atoms with E-state index in [0.717, 1.165) is 10.6 Å². The molecule has 7 nitrogen and oxygen atoms in total. The molecule has 0 unspecified atom stereocenters. The molecular weight excluding hydrogens is 387 g/mol. The van der Waals surface area contributed by atoms with E-state index in [1.54, 1.807) is 4.90 Å². The highest BCUT2D eigenvalue weighted by molar-refractivity contribution is 5.88. The van der Waals surface area contributed by atoms with Crippen molar-refractivity contribution in [1.29, 1.82) is 5.26 Å². The van der Waals surface area contributed by atoms with Gasteiger partial charge in [0.25, 0.3) is 0 Å². The molecule has 1 atom stereocenters. The Kier molecular flexibility index (Phi) is 4.47. The van der Waals surface area contributed by atoms with Gasteiger partial charge in [-0.2, -0.15) is 23.4 Å². The molecule has 0 radical (unpaired) electrons. The number of pyridine rings is 1. The Morgan fingerprint density at radius 3 is 2.66 bits per heavy atom. The zero-order valence-electron chi connectivity index (χ0n) is 14.9. The number of β-amino-alcohol motifs (C(OH)–C–C–N with tert-alkyl or cyclic N) is 1. The Morgan fingerprint density at radius 2 is 2.00 bits per heavy atom. The monoisotopic (exact) mass is 401 g/mol. The molecule has 1 aromatic carbocycles. The maximum atomic E-state index is 13.3. The highest BCUT2D eigenvalue weighted by Gasteiger charge is 2.34. The van der Waals surface area contributed by atoms with E-state index in [2.05, 4.69) is 9.97 Å². The summed E-state index contributed by atoms with van der Waals surface area (Å²) in [5.41, 5.74) is -1.76. The van der Waals surface area contributed by atoms with Gasteiger partial charge in [0.05, 0.1) is 28.8 Å². The quantitative estimate of drug-likeness (QED) is 0.708. The summed E-state index contributed by atoms with van der Waals surface area (Å²) in [5, 5.41) is 19.1. The second-order valence-electron chi connectivity index (χ2n) is 6.67. The van der Waals surface area contributed by atoms with Gasteiger partial charge >= 0.3 is 11.9 Å². The van der Waals surface area contributed by atoms with Crippen LogP contribution in [0.25, 0.3) is 16.7 Å². The lowest BCUT2D eigenvalue weighted by molar-refractivity contribution is -0.141. The Hall–Kier alpha value is -3.45. The molecule has 1 fully saturated rings. The van der Waals surface area contributed by atoms with Crippen LogP contribution in [0, 0.1) is 11.3 Å². The third-order valence-corrected chi connectivity index (χ3v) is 4.71. The topological polar surface area (TPSA) is 95.0 Å². The van der Waals surface area contributed by atoms with Crippen LogP contribution in [0.3, 0.4) is 0 Å². The summed E-state index contributed by atoms with van der Waals surface area (Å²) < 4.78 is 40.8. The number of alkyl halides is 3. The van der Waals surface area contributed by atoms with Gasteiger partial charge in [-0.25, -0.2) is 14.3 Å². The minimum absolute atomic E-state index is 0.176. The number of benzene rings is 1. The van der Waals surface area contributed by atoms with Crippen molar-refractivity contribution in [3.63, 3.8) is 0 Å². The molecule has 0 spiro atoms. The minimum Gasteiger partial charge on any atom is -0.391 e. The lowest BCUT2D eigenvalue weighted by Crippen LogP contribution is -2.30. The van der Waals surface area contributed by atoms with Crippen molar-refractivity contribution in [3.05, 3.63) is 58.1 Å². The number of fused-ring (bicyclic) bond motifs is 1. The van der Waals surface area contributed by atoms with Gasteiger partial charge in [-0.15, -0.1) is 0 Å². The number of hydrogen-bond donors (Lipinski definition) is 1. The molecule has 0 saturated carbocycles. The number of aliphatic hydroxyl groups excluding tert-OH is 1. The van der Waals surface area contributed by atoms with Gasteiger partial charge in [-0.1, -0.05) is 6.07 Å². The summed E-state index contributed by atoms with van der Waals surface area (Å²) in [4.78, 5) is 22.2. The van der Waals surface area contributed by atoms with E-state index in [4.69, 9.17) is 5.26 Å². The molecular formula is C19H14F3N5O2. The standard InChI is InChI=1S/C19H14F3N5O2/c20-19(21,22)15-5-4-14-16(26-7-6-13(28)10-26)25-18(29)27(17(14)24-15)12-3-1-2-11(8-12)9-23/h1-5,8,13,28H,6-7,10H2/t13-/m0/s1. The van der Waals surface area contributed by atoms with E-state index >= 15 is 0 Å². The molecule has 0 amide bonds. The van der Waals surface area contributed by atoms with Crippen molar-refractivity contribution in [2.24, 2.45) is 0 Å². The molecule has 1 aliphatic heterocycles. The average Bonchev–Trinajstić information content (AvgIpc) is 3.12. The lowest BCUT2D eigenvalue weighted by Gasteiger charge is -2.20. The molecule has 0 bridgehead atoms. The molecule has 3 aromatic rings. The zero-order valence-corrected chi connectivity index (χ0v) is 14.9. The van der Waals surface area contributed by atoms with Crippen LogP contribution in [0.1, 0.15) is 17.7 Å². The van der Waals surface area contributed by atoms with E-state index in [1.165, 1.54) is 30.3 Å². The Morgan fingerprint density at radius 1 is 1.21 bits per heavy atom. The smallest absolute Gasteiger partial charge is 0.391 e. The zero-order chi connectivity index (χ0) is 20.8. The Bertz CT molecular complexity index is 1200. The molecule has 29 heavy (non-hydrogen) atoms. The predicted molar refractivity (Wildman–Crippen MR) is 97.7 cm³/mol. The van der Waals surface area contributed by atoms with Crippen molar-refractivity contribution in [1.82, 2.24) is 14.5 Å². The van der Waals surface area contributed by atoms with Crippen LogP contribution in [0.15, 0.2) is 41.2 Å². The normalized spacial score (nSPS) is 16.9. The number of hydrogen-bond acceptors (Lipinski definition) is 6. The van der Waals surface area contributed by atoms with Crippen molar-refractivity contribution in [2.45, 2.75) is 18.7 Å². The summed E-state index contributed by atoms with van der Waals surface area (Å²) in [7, 11) is 0. The van der Waals surface area contributed by atoms with Crippen LogP contribution in [-0.2, 0) is 6.18 Å². The molecule has 1 N–H and O–H groups in total. The second kappa shape index (κ2) is 6.86. The van der Waals surface area contributed by atoms with Gasteiger partial charge in [0, 0.05) is 13.1 Å². The van der Waals surface area contributed by atoms with Gasteiger partial charge in [0.2, 0.25) is 0 Å². The maximum Gasteiger partial charge on any atom is 0.433 e. The summed E-state index contributed by atoms with van der Waals surface area (Å²) >= 11 is 0. The number of halogens is 3. The maximum absolute atomic E-state index is 13.3. The summed E-state index contributed by atoms with van der Waals surface area (Å²) in [5.74, 6) is 0.176. The summed E-state index contributed by atoms with van der Waals surface area (Å²) in [6.45, 7) is 0.633. The fourth-order valence-electron chi connectivity index (χ4n) is 3.37. The minimum atomic E-state index is -4.70. The van der Waals surface area contributed by atoms with Crippen molar-refractivity contribution in [2.75, 3.05) is 18.0 Å². The van der Waals surface area contributed by atoms with E-state index in [-0.39, 0.29) is 34.6 Å². The predicted octanol–water partition coefficient (Wildman–Crippen LogP) is 2.24. The first kappa shape index (κ1) is 18.9. The number of nitriles is 1. The molecule has 1 aliphatic rings. The van der Waals surface area contributed by atoms with Gasteiger partial charge in [0.1, 0.15) is 11.5 Å². The van der Waals surface area contributed by atoms with Crippen molar-refractivity contribution in [3.8, 4) is 11.8 Å². The first-order valence-corrected chi connectivity index (χ1v) is 8.72. The first-order chi connectivity index (χ1) is 13.8. The Labute approximate surface area is 162 Å². The first-order valence-electron chi connectivity index (χ1n) is 8.72. The molecule has 0 aliphatic carbocycles. The molecule has 148 valence electrons. The second-order valence-corrected chi connectivity index (χ2v) is 6.67. The van der Waals surface area contributed by atoms with Gasteiger partial charge in [-0.05, 0) is 36.8 Å². The van der Waals surface area contributed by atoms with Crippen LogP contribution >= 0.6 is 0 Å². The third kappa shape index (κ3) is 3.40. The lowest BCUT2D eigenvalue weighted by atomic mass is 10.2. The number of aliphatic hydroxyl groups is 1. The van der Waals surface area contributed by atoms with Crippen LogP contribution in [-0.4, -0.2) is 38.8 Å². The highest BCUT2D eigenvalue weighted by Crippen LogP contribution is 2.32. The fourth-order valence-corrected chi connectivity index (χ4v) is 3.37. The summed E-state index contributed by atoms with van der Waals surface area (Å²) in [6.07, 6.45) is -4.84. The van der Waals surface area contributed by atoms with Gasteiger partial charge < -0.3 is 10.0 Å². The van der Waals surface area contributed by atoms with E-state index < -0.39 is 23.7 Å². The number of rotatable bonds is 2. The molecule has 10 heteroatoms. The largest absolute Gasteiger partial charge is 0.433 e. The van der Waals surface area contributed by atoms with E-state index in [9.17, 15) is 23.1 Å². The summed E-state index contributed by atoms with van der Waals surface area (Å²) in [6, 6.07) is 9.89. The van der Waals surface area contributed by atoms with Gasteiger partial charge in [-0.3, -0.25) is 0 Å². The number of aromatic nitrogens is 3. The number of anilines is 1. The van der Waals surface area contributed by atoms with Crippen LogP contribution in [0.4, 0.5) is 19.0 Å². The van der Waals surface area contributed by atoms with Crippen LogP contribution in [0.5, 0.6) is 0 Å². The van der Waals surface area contributed by atoms with E-state index in [0.29, 0.717) is 13.0 Å². The molecule has 1 saturated heterocycles. The van der Waals surface area contributed by atoms with Crippen molar-refractivity contribution >= 4 is 16.9 Å². The van der Waals surface area contributed by atoms with Crippen LogP contribution in [0.2, 0.25) is 0 Å².